The Labute approximate surface area is 170 Å². The Kier molecular flexibility index (Phi) is 5.19. The highest BCUT2D eigenvalue weighted by Crippen LogP contribution is 2.42. The van der Waals surface area contributed by atoms with E-state index in [1.165, 1.54) is 25.3 Å². The second-order valence-corrected chi connectivity index (χ2v) is 7.08. The number of methoxy groups -OCH3 is 1. The summed E-state index contributed by atoms with van der Waals surface area (Å²) in [5.41, 5.74) is -0.937. The maximum Gasteiger partial charge on any atom is 0.450 e. The minimum atomic E-state index is -4.87. The Bertz CT molecular complexity index is 1150. The summed E-state index contributed by atoms with van der Waals surface area (Å²) in [6, 6.07) is 9.14. The third-order valence-corrected chi connectivity index (χ3v) is 5.08. The van der Waals surface area contributed by atoms with Gasteiger partial charge in [0.15, 0.2) is 0 Å². The topological polar surface area (TPSA) is 51.9 Å². The van der Waals surface area contributed by atoms with Crippen LogP contribution in [0.4, 0.5) is 13.2 Å². The molecule has 0 aliphatic carbocycles. The number of hydrogen-bond donors (Lipinski definition) is 0. The highest BCUT2D eigenvalue weighted by molar-refractivity contribution is 5.88. The number of nitrogens with zero attached hydrogens (tertiary/aromatic N) is 1. The lowest BCUT2D eigenvalue weighted by Crippen LogP contribution is -2.32. The zero-order valence-electron chi connectivity index (χ0n) is 16.5. The third kappa shape index (κ3) is 3.41. The Morgan fingerprint density at radius 3 is 2.63 bits per heavy atom. The Hall–Kier alpha value is -3.00. The first-order valence-electron chi connectivity index (χ1n) is 9.53. The summed E-state index contributed by atoms with van der Waals surface area (Å²) < 4.78 is 58.3. The fourth-order valence-corrected chi connectivity index (χ4v) is 3.77. The predicted molar refractivity (Wildman–Crippen MR) is 106 cm³/mol. The van der Waals surface area contributed by atoms with Crippen LogP contribution in [0.2, 0.25) is 0 Å². The highest BCUT2D eigenvalue weighted by Gasteiger charge is 2.40. The minimum absolute atomic E-state index is 0.0320. The largest absolute Gasteiger partial charge is 0.496 e. The van der Waals surface area contributed by atoms with E-state index in [0.29, 0.717) is 31.1 Å². The highest BCUT2D eigenvalue weighted by atomic mass is 19.4. The zero-order chi connectivity index (χ0) is 21.5. The van der Waals surface area contributed by atoms with Crippen LogP contribution in [0, 0.1) is 0 Å². The molecule has 0 spiro atoms. The predicted octanol–water partition coefficient (Wildman–Crippen LogP) is 5.05. The zero-order valence-corrected chi connectivity index (χ0v) is 16.5. The number of hydrogen-bond acceptors (Lipinski definition) is 5. The summed E-state index contributed by atoms with van der Waals surface area (Å²) >= 11 is 0. The van der Waals surface area contributed by atoms with Crippen molar-refractivity contribution < 1.29 is 27.1 Å². The van der Waals surface area contributed by atoms with E-state index in [1.807, 2.05) is 11.8 Å². The van der Waals surface area contributed by atoms with Crippen molar-refractivity contribution in [2.75, 3.05) is 20.4 Å². The maximum atomic E-state index is 14.0. The van der Waals surface area contributed by atoms with Crippen molar-refractivity contribution in [1.82, 2.24) is 4.90 Å². The van der Waals surface area contributed by atoms with Gasteiger partial charge in [-0.2, -0.15) is 13.2 Å². The molecule has 1 aromatic heterocycles. The second kappa shape index (κ2) is 7.68. The van der Waals surface area contributed by atoms with Gasteiger partial charge in [0, 0.05) is 18.7 Å². The summed E-state index contributed by atoms with van der Waals surface area (Å²) in [5, 5.41) is 0.0737. The third-order valence-electron chi connectivity index (χ3n) is 5.08. The van der Waals surface area contributed by atoms with Crippen molar-refractivity contribution in [2.24, 2.45) is 0 Å². The van der Waals surface area contributed by atoms with E-state index >= 15 is 0 Å². The molecule has 0 fully saturated rings. The van der Waals surface area contributed by atoms with Crippen molar-refractivity contribution in [3.8, 4) is 22.6 Å². The van der Waals surface area contributed by atoms with Gasteiger partial charge < -0.3 is 13.9 Å². The summed E-state index contributed by atoms with van der Waals surface area (Å²) in [5.74, 6) is -0.758. The molecule has 0 atom stereocenters. The van der Waals surface area contributed by atoms with Crippen LogP contribution in [-0.4, -0.2) is 25.3 Å². The summed E-state index contributed by atoms with van der Waals surface area (Å²) in [7, 11) is 1.34. The molecule has 5 nitrogen and oxygen atoms in total. The number of para-hydroxylation sites is 1. The number of fused-ring (bicyclic) bond motifs is 3. The van der Waals surface area contributed by atoms with Crippen LogP contribution in [0.3, 0.4) is 0 Å². The molecule has 0 saturated heterocycles. The van der Waals surface area contributed by atoms with Crippen LogP contribution >= 0.6 is 0 Å². The Balaban J connectivity index is 2.03. The van der Waals surface area contributed by atoms with Crippen LogP contribution in [-0.2, 0) is 12.7 Å². The lowest BCUT2D eigenvalue weighted by molar-refractivity contribution is -0.152. The van der Waals surface area contributed by atoms with Crippen LogP contribution in [0.5, 0.6) is 11.5 Å². The number of ether oxygens (including phenoxy) is 2. The molecule has 8 heteroatoms. The minimum Gasteiger partial charge on any atom is -0.496 e. The molecule has 30 heavy (non-hydrogen) atoms. The molecule has 0 N–H and O–H groups in total. The molecule has 0 saturated carbocycles. The molecular formula is C22H20F3NO4. The molecule has 0 radical (unpaired) electrons. The second-order valence-electron chi connectivity index (χ2n) is 7.08. The Morgan fingerprint density at radius 1 is 1.17 bits per heavy atom. The normalized spacial score (nSPS) is 14.4. The van der Waals surface area contributed by atoms with Crippen molar-refractivity contribution in [2.45, 2.75) is 26.1 Å². The summed E-state index contributed by atoms with van der Waals surface area (Å²) in [6.45, 7) is 3.39. The first kappa shape index (κ1) is 20.3. The van der Waals surface area contributed by atoms with Gasteiger partial charge in [-0.1, -0.05) is 25.1 Å². The van der Waals surface area contributed by atoms with Gasteiger partial charge in [0.05, 0.1) is 23.6 Å². The first-order chi connectivity index (χ1) is 14.3. The van der Waals surface area contributed by atoms with E-state index in [0.717, 1.165) is 6.42 Å². The van der Waals surface area contributed by atoms with Gasteiger partial charge in [0.1, 0.15) is 23.8 Å². The van der Waals surface area contributed by atoms with Gasteiger partial charge in [-0.3, -0.25) is 9.69 Å². The molecular weight excluding hydrogens is 399 g/mol. The lowest BCUT2D eigenvalue weighted by Gasteiger charge is -2.29. The van der Waals surface area contributed by atoms with E-state index in [2.05, 4.69) is 0 Å². The van der Waals surface area contributed by atoms with Gasteiger partial charge in [-0.05, 0) is 24.6 Å². The molecule has 0 amide bonds. The van der Waals surface area contributed by atoms with Gasteiger partial charge in [0.2, 0.25) is 11.2 Å². The molecule has 0 bridgehead atoms. The molecule has 2 aromatic carbocycles. The molecule has 1 aliphatic rings. The van der Waals surface area contributed by atoms with E-state index in [1.54, 1.807) is 18.2 Å². The van der Waals surface area contributed by atoms with Crippen molar-refractivity contribution in [1.29, 1.82) is 0 Å². The molecule has 4 rings (SSSR count). The Morgan fingerprint density at radius 2 is 1.93 bits per heavy atom. The first-order valence-corrected chi connectivity index (χ1v) is 9.53. The average Bonchev–Trinajstić information content (AvgIpc) is 2.73. The smallest absolute Gasteiger partial charge is 0.450 e. The van der Waals surface area contributed by atoms with Crippen LogP contribution in [0.1, 0.15) is 24.7 Å². The molecule has 158 valence electrons. The molecule has 1 aliphatic heterocycles. The van der Waals surface area contributed by atoms with E-state index in [4.69, 9.17) is 13.9 Å². The van der Waals surface area contributed by atoms with Crippen LogP contribution in [0.15, 0.2) is 45.6 Å². The fraction of sp³-hybridized carbons (Fsp3) is 0.318. The van der Waals surface area contributed by atoms with Gasteiger partial charge >= 0.3 is 6.18 Å². The molecule has 3 aromatic rings. The van der Waals surface area contributed by atoms with Crippen molar-refractivity contribution in [3.05, 3.63) is 57.9 Å². The van der Waals surface area contributed by atoms with E-state index in [9.17, 15) is 18.0 Å². The quantitative estimate of drug-likeness (QED) is 0.593. The van der Waals surface area contributed by atoms with Gasteiger partial charge in [0.25, 0.3) is 0 Å². The fourth-order valence-electron chi connectivity index (χ4n) is 3.77. The molecule has 2 heterocycles. The summed E-state index contributed by atoms with van der Waals surface area (Å²) in [4.78, 5) is 15.2. The average molecular weight is 419 g/mol. The van der Waals surface area contributed by atoms with Crippen LogP contribution in [0.25, 0.3) is 22.1 Å². The standard InChI is InChI=1S/C22H20F3NO4/c1-3-10-26-11-15-17(29-12-26)9-8-14-19(27)18(13-6-4-5-7-16(13)28-2)21(22(23,24)25)30-20(14)15/h4-9H,3,10-12H2,1-2H3. The lowest BCUT2D eigenvalue weighted by atomic mass is 9.99. The van der Waals surface area contributed by atoms with Crippen molar-refractivity contribution in [3.63, 3.8) is 0 Å². The van der Waals surface area contributed by atoms with Gasteiger partial charge in [-0.15, -0.1) is 0 Å². The SMILES string of the molecule is CCCN1COc2ccc3c(=O)c(-c4ccccc4OC)c(C(F)(F)F)oc3c2C1. The van der Waals surface area contributed by atoms with Crippen LogP contribution < -0.4 is 14.9 Å². The monoisotopic (exact) mass is 419 g/mol. The van der Waals surface area contributed by atoms with E-state index in [-0.39, 0.29) is 22.3 Å². The molecule has 0 unspecified atom stereocenters. The summed E-state index contributed by atoms with van der Waals surface area (Å²) in [6.07, 6.45) is -4.01. The van der Waals surface area contributed by atoms with Crippen molar-refractivity contribution >= 4 is 11.0 Å². The number of rotatable bonds is 4. The maximum absolute atomic E-state index is 14.0. The van der Waals surface area contributed by atoms with E-state index < -0.39 is 22.9 Å². The number of halogens is 3. The number of benzene rings is 2. The van der Waals surface area contributed by atoms with Gasteiger partial charge in [-0.25, -0.2) is 0 Å². The number of alkyl halides is 3.